The second-order valence-corrected chi connectivity index (χ2v) is 6.33. The third kappa shape index (κ3) is 6.06. The summed E-state index contributed by atoms with van der Waals surface area (Å²) in [5.41, 5.74) is 2.27. The molecular formula is C18H17Cl2N3O3. The highest BCUT2D eigenvalue weighted by Crippen LogP contribution is 2.31. The second kappa shape index (κ2) is 9.79. The van der Waals surface area contributed by atoms with Crippen LogP contribution in [0.3, 0.4) is 0 Å². The van der Waals surface area contributed by atoms with Crippen molar-refractivity contribution in [1.82, 2.24) is 9.55 Å². The van der Waals surface area contributed by atoms with Gasteiger partial charge < -0.3 is 9.77 Å². The molecule has 0 saturated carbocycles. The van der Waals surface area contributed by atoms with Crippen molar-refractivity contribution in [2.45, 2.75) is 18.9 Å². The molecule has 3 rings (SSSR count). The lowest BCUT2D eigenvalue weighted by atomic mass is 9.91. The van der Waals surface area contributed by atoms with Crippen molar-refractivity contribution in [2.24, 2.45) is 0 Å². The van der Waals surface area contributed by atoms with Gasteiger partial charge in [0.2, 0.25) is 0 Å². The molecule has 0 saturated heterocycles. The van der Waals surface area contributed by atoms with Gasteiger partial charge in [0.1, 0.15) is 0 Å². The quantitative estimate of drug-likeness (QED) is 0.495. The van der Waals surface area contributed by atoms with Gasteiger partial charge in [0.25, 0.3) is 5.09 Å². The predicted octanol–water partition coefficient (Wildman–Crippen LogP) is 4.87. The lowest BCUT2D eigenvalue weighted by Gasteiger charge is -2.20. The van der Waals surface area contributed by atoms with Crippen LogP contribution in [0.2, 0.25) is 10.0 Å². The smallest absolute Gasteiger partial charge is 0.291 e. The summed E-state index contributed by atoms with van der Waals surface area (Å²) in [4.78, 5) is 12.5. The molecule has 136 valence electrons. The van der Waals surface area contributed by atoms with Gasteiger partial charge in [-0.05, 0) is 29.7 Å². The van der Waals surface area contributed by atoms with Gasteiger partial charge in [-0.15, -0.1) is 10.1 Å². The van der Waals surface area contributed by atoms with Gasteiger partial charge in [0.15, 0.2) is 0 Å². The molecule has 3 aromatic rings. The number of imidazole rings is 1. The van der Waals surface area contributed by atoms with E-state index in [1.807, 2.05) is 48.9 Å². The summed E-state index contributed by atoms with van der Waals surface area (Å²) in [5, 5.41) is 15.2. The molecule has 1 unspecified atom stereocenters. The van der Waals surface area contributed by atoms with Gasteiger partial charge in [-0.3, -0.25) is 0 Å². The molecule has 0 bridgehead atoms. The van der Waals surface area contributed by atoms with Crippen LogP contribution >= 0.6 is 23.2 Å². The van der Waals surface area contributed by atoms with Crippen LogP contribution < -0.4 is 0 Å². The van der Waals surface area contributed by atoms with Crippen LogP contribution in [-0.2, 0) is 13.0 Å². The Labute approximate surface area is 160 Å². The standard InChI is InChI=1S/C18H16Cl2N2.HNO3/c19-17-7-3-1-5-14(17)11-15(12-22-10-9-21-13-22)16-6-2-4-8-18(16)20;2-1(3)4/h1-10,13,15H,11-12H2;(H,2,3,4). The monoisotopic (exact) mass is 393 g/mol. The molecule has 0 aliphatic heterocycles. The van der Waals surface area contributed by atoms with E-state index in [0.717, 1.165) is 34.1 Å². The first-order chi connectivity index (χ1) is 12.5. The molecule has 0 radical (unpaired) electrons. The number of halogens is 2. The molecule has 26 heavy (non-hydrogen) atoms. The van der Waals surface area contributed by atoms with Crippen molar-refractivity contribution >= 4 is 23.2 Å². The van der Waals surface area contributed by atoms with Crippen LogP contribution in [0.5, 0.6) is 0 Å². The van der Waals surface area contributed by atoms with E-state index in [1.54, 1.807) is 6.20 Å². The molecule has 0 fully saturated rings. The number of hydrogen-bond acceptors (Lipinski definition) is 3. The number of rotatable bonds is 5. The molecule has 0 aliphatic rings. The largest absolute Gasteiger partial charge is 0.337 e. The predicted molar refractivity (Wildman–Crippen MR) is 100 cm³/mol. The fourth-order valence-corrected chi connectivity index (χ4v) is 3.16. The summed E-state index contributed by atoms with van der Waals surface area (Å²) in [7, 11) is 0. The lowest BCUT2D eigenvalue weighted by molar-refractivity contribution is -0.742. The molecule has 1 atom stereocenters. The number of benzene rings is 2. The van der Waals surface area contributed by atoms with Crippen LogP contribution in [0.15, 0.2) is 67.3 Å². The van der Waals surface area contributed by atoms with E-state index >= 15 is 0 Å². The second-order valence-electron chi connectivity index (χ2n) is 5.51. The first-order valence-corrected chi connectivity index (χ1v) is 8.49. The first-order valence-electron chi connectivity index (χ1n) is 7.74. The molecule has 8 heteroatoms. The summed E-state index contributed by atoms with van der Waals surface area (Å²) < 4.78 is 2.07. The Kier molecular flexibility index (Phi) is 7.44. The van der Waals surface area contributed by atoms with Crippen molar-refractivity contribution in [3.63, 3.8) is 0 Å². The maximum atomic E-state index is 8.36. The average molecular weight is 394 g/mol. The molecule has 0 spiro atoms. The zero-order valence-corrected chi connectivity index (χ0v) is 15.2. The minimum atomic E-state index is -1.50. The average Bonchev–Trinajstić information content (AvgIpc) is 3.09. The Morgan fingerprint density at radius 1 is 1.12 bits per heavy atom. The van der Waals surface area contributed by atoms with E-state index in [0.29, 0.717) is 0 Å². The molecule has 1 N–H and O–H groups in total. The summed E-state index contributed by atoms with van der Waals surface area (Å²) in [6, 6.07) is 16.0. The van der Waals surface area contributed by atoms with Gasteiger partial charge in [-0.25, -0.2) is 4.98 Å². The third-order valence-corrected chi connectivity index (χ3v) is 4.47. The minimum Gasteiger partial charge on any atom is -0.337 e. The Morgan fingerprint density at radius 2 is 1.73 bits per heavy atom. The Morgan fingerprint density at radius 3 is 2.31 bits per heavy atom. The van der Waals surface area contributed by atoms with Crippen LogP contribution in [0, 0.1) is 10.1 Å². The fourth-order valence-electron chi connectivity index (χ4n) is 2.66. The van der Waals surface area contributed by atoms with E-state index in [-0.39, 0.29) is 5.92 Å². The molecule has 1 aromatic heterocycles. The molecule has 6 nitrogen and oxygen atoms in total. The van der Waals surface area contributed by atoms with Crippen LogP contribution in [0.25, 0.3) is 0 Å². The van der Waals surface area contributed by atoms with Crippen molar-refractivity contribution in [3.8, 4) is 0 Å². The van der Waals surface area contributed by atoms with Crippen LogP contribution in [0.1, 0.15) is 17.0 Å². The van der Waals surface area contributed by atoms with Gasteiger partial charge in [-0.1, -0.05) is 59.6 Å². The van der Waals surface area contributed by atoms with Gasteiger partial charge in [0, 0.05) is 34.9 Å². The Bertz CT molecular complexity index is 837. The summed E-state index contributed by atoms with van der Waals surface area (Å²) in [5.74, 6) is 0.239. The topological polar surface area (TPSA) is 81.2 Å². The van der Waals surface area contributed by atoms with Crippen molar-refractivity contribution in [1.29, 1.82) is 0 Å². The maximum absolute atomic E-state index is 8.36. The normalized spacial score (nSPS) is 11.3. The summed E-state index contributed by atoms with van der Waals surface area (Å²) >= 11 is 12.7. The van der Waals surface area contributed by atoms with Gasteiger partial charge >= 0.3 is 0 Å². The highest BCUT2D eigenvalue weighted by molar-refractivity contribution is 6.31. The number of nitrogens with zero attached hydrogens (tertiary/aromatic N) is 3. The van der Waals surface area contributed by atoms with E-state index in [9.17, 15) is 0 Å². The van der Waals surface area contributed by atoms with Crippen molar-refractivity contribution in [2.75, 3.05) is 0 Å². The highest BCUT2D eigenvalue weighted by atomic mass is 35.5. The van der Waals surface area contributed by atoms with Crippen LogP contribution in [-0.4, -0.2) is 19.8 Å². The van der Waals surface area contributed by atoms with E-state index in [1.165, 1.54) is 0 Å². The summed E-state index contributed by atoms with van der Waals surface area (Å²) in [6.45, 7) is 0.814. The fraction of sp³-hybridized carbons (Fsp3) is 0.167. The van der Waals surface area contributed by atoms with Crippen molar-refractivity contribution in [3.05, 3.63) is 98.5 Å². The Balaban J connectivity index is 0.000000552. The van der Waals surface area contributed by atoms with Gasteiger partial charge in [0.05, 0.1) is 6.33 Å². The minimum absolute atomic E-state index is 0.239. The number of hydrogen-bond donors (Lipinski definition) is 1. The molecule has 0 aliphatic carbocycles. The Hall–Kier alpha value is -2.57. The van der Waals surface area contributed by atoms with Crippen molar-refractivity contribution < 1.29 is 10.3 Å². The lowest BCUT2D eigenvalue weighted by Crippen LogP contribution is -2.12. The zero-order valence-electron chi connectivity index (χ0n) is 13.7. The molecule has 0 amide bonds. The van der Waals surface area contributed by atoms with Crippen LogP contribution in [0.4, 0.5) is 0 Å². The molecule has 2 aromatic carbocycles. The van der Waals surface area contributed by atoms with E-state index in [2.05, 4.69) is 21.7 Å². The zero-order chi connectivity index (χ0) is 18.9. The number of aromatic nitrogens is 2. The maximum Gasteiger partial charge on any atom is 0.291 e. The first kappa shape index (κ1) is 19.8. The SMILES string of the molecule is Clc1ccccc1CC(Cn1ccnc1)c1ccccc1Cl.O=[N+]([O-])O. The van der Waals surface area contributed by atoms with Gasteiger partial charge in [-0.2, -0.15) is 0 Å². The molecular weight excluding hydrogens is 377 g/mol. The molecule has 1 heterocycles. The summed E-state index contributed by atoms with van der Waals surface area (Å²) in [6.07, 6.45) is 6.42. The van der Waals surface area contributed by atoms with E-state index < -0.39 is 5.09 Å². The highest BCUT2D eigenvalue weighted by Gasteiger charge is 2.17. The van der Waals surface area contributed by atoms with E-state index in [4.69, 9.17) is 38.5 Å². The third-order valence-electron chi connectivity index (χ3n) is 3.76.